The second-order valence-corrected chi connectivity index (χ2v) is 9.88. The average molecular weight is 368 g/mol. The maximum Gasteiger partial charge on any atom is 0.0715 e. The van der Waals surface area contributed by atoms with E-state index in [1.54, 1.807) is 23.9 Å². The van der Waals surface area contributed by atoms with Gasteiger partial charge in [-0.15, -0.1) is 0 Å². The zero-order valence-electron chi connectivity index (χ0n) is 16.5. The summed E-state index contributed by atoms with van der Waals surface area (Å²) in [7, 11) is 0. The molecule has 0 aromatic heterocycles. The quantitative estimate of drug-likeness (QED) is 0.751. The summed E-state index contributed by atoms with van der Waals surface area (Å²) in [6, 6.07) is 9.94. The predicted molar refractivity (Wildman–Crippen MR) is 106 cm³/mol. The Morgan fingerprint density at radius 3 is 1.96 bits per heavy atom. The predicted octanol–water partition coefficient (Wildman–Crippen LogP) is 5.17. The van der Waals surface area contributed by atoms with Gasteiger partial charge in [0, 0.05) is 9.79 Å². The van der Waals surface area contributed by atoms with Gasteiger partial charge in [0.05, 0.1) is 5.97 Å². The number of aromatic carboxylic acids is 1. The van der Waals surface area contributed by atoms with E-state index in [0.717, 1.165) is 10.5 Å². The Balaban J connectivity index is 2.04. The molecule has 0 aliphatic heterocycles. The summed E-state index contributed by atoms with van der Waals surface area (Å²) in [6.07, 6.45) is 2.40. The van der Waals surface area contributed by atoms with Crippen LogP contribution in [0.1, 0.15) is 73.1 Å². The first-order valence-electron chi connectivity index (χ1n) is 9.17. The highest BCUT2D eigenvalue weighted by molar-refractivity contribution is 7.99. The lowest BCUT2D eigenvalue weighted by molar-refractivity contribution is -0.255. The van der Waals surface area contributed by atoms with Gasteiger partial charge >= 0.3 is 0 Å². The van der Waals surface area contributed by atoms with Crippen LogP contribution in [-0.4, -0.2) is 5.97 Å². The van der Waals surface area contributed by atoms with Crippen molar-refractivity contribution in [3.05, 3.63) is 58.1 Å². The maximum absolute atomic E-state index is 11.1. The zero-order valence-corrected chi connectivity index (χ0v) is 17.3. The Bertz CT molecular complexity index is 878. The molecule has 2 aromatic carbocycles. The van der Waals surface area contributed by atoms with Crippen molar-refractivity contribution in [2.45, 2.75) is 75.0 Å². The minimum absolute atomic E-state index is 0.182. The van der Waals surface area contributed by atoms with Crippen molar-refractivity contribution in [2.24, 2.45) is 0 Å². The third-order valence-corrected chi connectivity index (χ3v) is 7.12. The van der Waals surface area contributed by atoms with Crippen molar-refractivity contribution in [1.29, 1.82) is 0 Å². The Labute approximate surface area is 161 Å². The second-order valence-electron chi connectivity index (χ2n) is 8.80. The minimum atomic E-state index is -1.13. The van der Waals surface area contributed by atoms with Crippen LogP contribution in [-0.2, 0) is 10.8 Å². The van der Waals surface area contributed by atoms with Crippen molar-refractivity contribution < 1.29 is 9.90 Å². The van der Waals surface area contributed by atoms with Gasteiger partial charge in [0.2, 0.25) is 0 Å². The van der Waals surface area contributed by atoms with Crippen molar-refractivity contribution in [3.63, 3.8) is 0 Å². The van der Waals surface area contributed by atoms with Crippen LogP contribution in [0.4, 0.5) is 0 Å². The van der Waals surface area contributed by atoms with Crippen molar-refractivity contribution >= 4 is 17.7 Å². The van der Waals surface area contributed by atoms with Crippen LogP contribution >= 0.6 is 11.8 Å². The zero-order chi connectivity index (χ0) is 19.3. The van der Waals surface area contributed by atoms with E-state index >= 15 is 0 Å². The molecule has 1 aliphatic carbocycles. The van der Waals surface area contributed by atoms with E-state index in [1.165, 1.54) is 34.4 Å². The molecule has 0 saturated carbocycles. The Kier molecular flexibility index (Phi) is 4.72. The van der Waals surface area contributed by atoms with E-state index < -0.39 is 5.97 Å². The monoisotopic (exact) mass is 367 g/mol. The molecule has 0 amide bonds. The molecule has 0 unspecified atom stereocenters. The molecule has 0 atom stereocenters. The molecular weight excluding hydrogens is 340 g/mol. The van der Waals surface area contributed by atoms with E-state index in [0.29, 0.717) is 0 Å². The van der Waals surface area contributed by atoms with Gasteiger partial charge in [-0.25, -0.2) is 0 Å². The second kappa shape index (κ2) is 6.45. The van der Waals surface area contributed by atoms with Crippen LogP contribution < -0.4 is 5.11 Å². The first-order valence-corrected chi connectivity index (χ1v) is 9.98. The highest BCUT2D eigenvalue weighted by Crippen LogP contribution is 2.48. The summed E-state index contributed by atoms with van der Waals surface area (Å²) in [5.74, 6) is -1.13. The van der Waals surface area contributed by atoms with Gasteiger partial charge in [0.1, 0.15) is 0 Å². The number of carbonyl (C=O) groups is 1. The van der Waals surface area contributed by atoms with E-state index in [4.69, 9.17) is 0 Å². The fourth-order valence-corrected chi connectivity index (χ4v) is 4.81. The molecule has 26 heavy (non-hydrogen) atoms. The molecule has 0 heterocycles. The van der Waals surface area contributed by atoms with E-state index in [-0.39, 0.29) is 16.4 Å². The molecule has 2 nitrogen and oxygen atoms in total. The standard InChI is InChI=1S/C23H28O2S/c1-14-11-16(21(24)25)7-8-19(14)26-20-13-18-17(12-15(20)2)22(3,4)9-10-23(18,5)6/h7-8,11-13H,9-10H2,1-6H3,(H,24,25)/p-1. The van der Waals surface area contributed by atoms with Gasteiger partial charge in [-0.3, -0.25) is 0 Å². The summed E-state index contributed by atoms with van der Waals surface area (Å²) in [4.78, 5) is 13.4. The molecular formula is C23H27O2S-. The van der Waals surface area contributed by atoms with Gasteiger partial charge in [0.25, 0.3) is 0 Å². The minimum Gasteiger partial charge on any atom is -0.545 e. The summed E-state index contributed by atoms with van der Waals surface area (Å²) in [6.45, 7) is 13.5. The fraction of sp³-hybridized carbons (Fsp3) is 0.435. The largest absolute Gasteiger partial charge is 0.545 e. The fourth-order valence-electron chi connectivity index (χ4n) is 3.82. The average Bonchev–Trinajstić information content (AvgIpc) is 2.55. The summed E-state index contributed by atoms with van der Waals surface area (Å²) < 4.78 is 0. The molecule has 0 saturated heterocycles. The number of fused-ring (bicyclic) bond motifs is 1. The number of aryl methyl sites for hydroxylation is 2. The van der Waals surface area contributed by atoms with Gasteiger partial charge < -0.3 is 9.90 Å². The topological polar surface area (TPSA) is 40.1 Å². The highest BCUT2D eigenvalue weighted by Gasteiger charge is 2.37. The van der Waals surface area contributed by atoms with E-state index in [2.05, 4.69) is 46.8 Å². The maximum atomic E-state index is 11.1. The molecule has 3 heteroatoms. The van der Waals surface area contributed by atoms with E-state index in [9.17, 15) is 9.90 Å². The Hall–Kier alpha value is -1.74. The number of hydrogen-bond acceptors (Lipinski definition) is 3. The van der Waals surface area contributed by atoms with Crippen molar-refractivity contribution in [2.75, 3.05) is 0 Å². The van der Waals surface area contributed by atoms with Gasteiger partial charge in [-0.1, -0.05) is 51.6 Å². The smallest absolute Gasteiger partial charge is 0.0715 e. The molecule has 3 rings (SSSR count). The highest BCUT2D eigenvalue weighted by atomic mass is 32.2. The molecule has 0 N–H and O–H groups in total. The van der Waals surface area contributed by atoms with Crippen LogP contribution in [0.3, 0.4) is 0 Å². The van der Waals surface area contributed by atoms with E-state index in [1.807, 2.05) is 13.0 Å². The van der Waals surface area contributed by atoms with Crippen LogP contribution in [0.2, 0.25) is 0 Å². The molecule has 138 valence electrons. The molecule has 0 fully saturated rings. The lowest BCUT2D eigenvalue weighted by Gasteiger charge is -2.42. The van der Waals surface area contributed by atoms with Crippen LogP contribution in [0.5, 0.6) is 0 Å². The van der Waals surface area contributed by atoms with Crippen molar-refractivity contribution in [3.8, 4) is 0 Å². The van der Waals surface area contributed by atoms with Gasteiger partial charge in [-0.05, 0) is 83.5 Å². The molecule has 1 aliphatic rings. The molecule has 0 spiro atoms. The molecule has 2 aromatic rings. The lowest BCUT2D eigenvalue weighted by atomic mass is 9.63. The van der Waals surface area contributed by atoms with Crippen LogP contribution in [0.15, 0.2) is 40.1 Å². The first kappa shape index (κ1) is 19.0. The SMILES string of the molecule is Cc1cc(C(=O)[O-])ccc1Sc1cc2c(cc1C)C(C)(C)CCC2(C)C. The van der Waals surface area contributed by atoms with Gasteiger partial charge in [-0.2, -0.15) is 0 Å². The number of carboxylic acid groups (broad SMARTS) is 1. The third-order valence-electron chi connectivity index (χ3n) is 5.78. The summed E-state index contributed by atoms with van der Waals surface area (Å²) in [5.41, 5.74) is 5.80. The summed E-state index contributed by atoms with van der Waals surface area (Å²) in [5, 5.41) is 11.1. The van der Waals surface area contributed by atoms with Crippen LogP contribution in [0, 0.1) is 13.8 Å². The van der Waals surface area contributed by atoms with Gasteiger partial charge in [0.15, 0.2) is 0 Å². The number of benzene rings is 2. The third kappa shape index (κ3) is 3.42. The Morgan fingerprint density at radius 2 is 1.42 bits per heavy atom. The van der Waals surface area contributed by atoms with Crippen LogP contribution in [0.25, 0.3) is 0 Å². The summed E-state index contributed by atoms with van der Waals surface area (Å²) >= 11 is 1.72. The number of rotatable bonds is 3. The lowest BCUT2D eigenvalue weighted by Crippen LogP contribution is -2.34. The number of carboxylic acids is 1. The Morgan fingerprint density at radius 1 is 0.885 bits per heavy atom. The molecule has 0 radical (unpaired) electrons. The molecule has 0 bridgehead atoms. The normalized spacial score (nSPS) is 17.6. The first-order chi connectivity index (χ1) is 12.0. The van der Waals surface area contributed by atoms with Crippen molar-refractivity contribution in [1.82, 2.24) is 0 Å². The number of hydrogen-bond donors (Lipinski definition) is 0. The number of carbonyl (C=O) groups excluding carboxylic acids is 1.